The van der Waals surface area contributed by atoms with Crippen molar-refractivity contribution in [2.45, 2.75) is 13.0 Å². The van der Waals surface area contributed by atoms with Gasteiger partial charge < -0.3 is 4.57 Å². The molecule has 0 aliphatic carbocycles. The Kier molecular flexibility index (Phi) is 3.15. The van der Waals surface area contributed by atoms with Crippen LogP contribution in [0, 0.1) is 0 Å². The highest BCUT2D eigenvalue weighted by Crippen LogP contribution is 2.22. The topological polar surface area (TPSA) is 68.1 Å². The number of hydrogen-bond donors (Lipinski definition) is 0. The molecule has 1 aliphatic rings. The van der Waals surface area contributed by atoms with Crippen molar-refractivity contribution < 1.29 is 9.59 Å². The second-order valence-electron chi connectivity index (χ2n) is 5.45. The Labute approximate surface area is 132 Å². The van der Waals surface area contributed by atoms with Gasteiger partial charge in [0.05, 0.1) is 23.0 Å². The number of aryl methyl sites for hydroxylation is 1. The smallest absolute Gasteiger partial charge is 0.261 e. The third-order valence-electron chi connectivity index (χ3n) is 4.05. The van der Waals surface area contributed by atoms with E-state index in [4.69, 9.17) is 0 Å². The van der Waals surface area contributed by atoms with E-state index in [1.807, 2.05) is 16.7 Å². The Bertz CT molecular complexity index is 881. The van der Waals surface area contributed by atoms with Crippen molar-refractivity contribution in [3.8, 4) is 0 Å². The van der Waals surface area contributed by atoms with Crippen LogP contribution < -0.4 is 0 Å². The summed E-state index contributed by atoms with van der Waals surface area (Å²) in [6.45, 7) is 1.07. The summed E-state index contributed by atoms with van der Waals surface area (Å²) in [5.41, 5.74) is 2.65. The number of amides is 2. The fourth-order valence-corrected chi connectivity index (χ4v) is 2.92. The number of benzene rings is 1. The first kappa shape index (κ1) is 13.6. The maximum Gasteiger partial charge on any atom is 0.261 e. The molecule has 0 N–H and O–H groups in total. The van der Waals surface area contributed by atoms with Crippen LogP contribution in [-0.4, -0.2) is 37.8 Å². The number of fused-ring (bicyclic) bond motifs is 2. The van der Waals surface area contributed by atoms with Crippen molar-refractivity contribution in [2.75, 3.05) is 6.54 Å². The molecule has 0 unspecified atom stereocenters. The molecular weight excluding hydrogens is 292 g/mol. The van der Waals surface area contributed by atoms with E-state index in [2.05, 4.69) is 9.97 Å². The minimum Gasteiger partial charge on any atom is -0.329 e. The normalized spacial score (nSPS) is 13.8. The van der Waals surface area contributed by atoms with Gasteiger partial charge in [-0.05, 0) is 30.7 Å². The highest BCUT2D eigenvalue weighted by molar-refractivity contribution is 6.21. The molecule has 0 fully saturated rings. The molecule has 4 rings (SSSR count). The van der Waals surface area contributed by atoms with Gasteiger partial charge >= 0.3 is 0 Å². The summed E-state index contributed by atoms with van der Waals surface area (Å²) in [7, 11) is 0. The van der Waals surface area contributed by atoms with Crippen molar-refractivity contribution in [1.82, 2.24) is 19.4 Å². The van der Waals surface area contributed by atoms with Crippen LogP contribution in [0.15, 0.2) is 48.9 Å². The minimum absolute atomic E-state index is 0.206. The predicted molar refractivity (Wildman–Crippen MR) is 84.0 cm³/mol. The number of aromatic nitrogens is 3. The third kappa shape index (κ3) is 2.19. The van der Waals surface area contributed by atoms with Gasteiger partial charge in [-0.3, -0.25) is 14.5 Å². The molecule has 3 heterocycles. The van der Waals surface area contributed by atoms with Crippen molar-refractivity contribution in [1.29, 1.82) is 0 Å². The van der Waals surface area contributed by atoms with E-state index in [-0.39, 0.29) is 11.8 Å². The Morgan fingerprint density at radius 3 is 2.35 bits per heavy atom. The average Bonchev–Trinajstić information content (AvgIpc) is 3.10. The summed E-state index contributed by atoms with van der Waals surface area (Å²) in [6, 6.07) is 10.8. The standard InChI is InChI=1S/C17H14N4O2/c22-16-12-5-1-2-6-13(12)17(23)21(16)10-4-9-20-11-19-15-14(20)7-3-8-18-15/h1-3,5-8,11H,4,9-10H2. The largest absolute Gasteiger partial charge is 0.329 e. The van der Waals surface area contributed by atoms with E-state index >= 15 is 0 Å². The van der Waals surface area contributed by atoms with Crippen LogP contribution >= 0.6 is 0 Å². The van der Waals surface area contributed by atoms with Gasteiger partial charge in [-0.1, -0.05) is 12.1 Å². The molecular formula is C17H14N4O2. The van der Waals surface area contributed by atoms with E-state index < -0.39 is 0 Å². The van der Waals surface area contributed by atoms with Gasteiger partial charge in [0.1, 0.15) is 0 Å². The summed E-state index contributed by atoms with van der Waals surface area (Å²) in [5, 5.41) is 0. The van der Waals surface area contributed by atoms with Gasteiger partial charge in [0.15, 0.2) is 5.65 Å². The number of imidazole rings is 1. The zero-order valence-corrected chi connectivity index (χ0v) is 12.3. The summed E-state index contributed by atoms with van der Waals surface area (Å²) in [5.74, 6) is -0.412. The molecule has 0 atom stereocenters. The molecule has 3 aromatic rings. The van der Waals surface area contributed by atoms with Gasteiger partial charge in [-0.2, -0.15) is 0 Å². The molecule has 0 saturated carbocycles. The average molecular weight is 306 g/mol. The maximum atomic E-state index is 12.3. The molecule has 2 amide bonds. The van der Waals surface area contributed by atoms with Crippen LogP contribution in [0.25, 0.3) is 11.2 Å². The van der Waals surface area contributed by atoms with Crippen LogP contribution in [0.2, 0.25) is 0 Å². The lowest BCUT2D eigenvalue weighted by Crippen LogP contribution is -2.31. The molecule has 6 nitrogen and oxygen atoms in total. The SMILES string of the molecule is O=C1c2ccccc2C(=O)N1CCCn1cnc2ncccc21. The fourth-order valence-electron chi connectivity index (χ4n) is 2.92. The lowest BCUT2D eigenvalue weighted by molar-refractivity contribution is 0.0651. The van der Waals surface area contributed by atoms with Crippen LogP contribution in [-0.2, 0) is 6.54 Å². The molecule has 6 heteroatoms. The highest BCUT2D eigenvalue weighted by atomic mass is 16.2. The molecule has 0 radical (unpaired) electrons. The molecule has 114 valence electrons. The first-order valence-corrected chi connectivity index (χ1v) is 7.47. The van der Waals surface area contributed by atoms with Crippen LogP contribution in [0.3, 0.4) is 0 Å². The van der Waals surface area contributed by atoms with Gasteiger partial charge in [0.25, 0.3) is 11.8 Å². The van der Waals surface area contributed by atoms with E-state index in [0.717, 1.165) is 5.52 Å². The lowest BCUT2D eigenvalue weighted by Gasteiger charge is -2.13. The number of hydrogen-bond acceptors (Lipinski definition) is 4. The van der Waals surface area contributed by atoms with Gasteiger partial charge in [-0.25, -0.2) is 9.97 Å². The zero-order valence-electron chi connectivity index (χ0n) is 12.3. The summed E-state index contributed by atoms with van der Waals surface area (Å²) >= 11 is 0. The second kappa shape index (κ2) is 5.31. The molecule has 1 aromatic carbocycles. The predicted octanol–water partition coefficient (Wildman–Crippen LogP) is 2.12. The molecule has 23 heavy (non-hydrogen) atoms. The van der Waals surface area contributed by atoms with Crippen LogP contribution in [0.4, 0.5) is 0 Å². The van der Waals surface area contributed by atoms with Crippen molar-refractivity contribution in [2.24, 2.45) is 0 Å². The van der Waals surface area contributed by atoms with E-state index in [0.29, 0.717) is 36.3 Å². The van der Waals surface area contributed by atoms with Gasteiger partial charge in [0, 0.05) is 19.3 Å². The number of rotatable bonds is 4. The summed E-state index contributed by atoms with van der Waals surface area (Å²) < 4.78 is 1.99. The Hall–Kier alpha value is -3.02. The maximum absolute atomic E-state index is 12.3. The Morgan fingerprint density at radius 2 is 1.61 bits per heavy atom. The summed E-state index contributed by atoms with van der Waals surface area (Å²) in [4.78, 5) is 34.3. The third-order valence-corrected chi connectivity index (χ3v) is 4.05. The van der Waals surface area contributed by atoms with Crippen molar-refractivity contribution >= 4 is 23.0 Å². The van der Waals surface area contributed by atoms with Gasteiger partial charge in [-0.15, -0.1) is 0 Å². The number of carbonyl (C=O) groups is 2. The zero-order chi connectivity index (χ0) is 15.8. The Morgan fingerprint density at radius 1 is 0.870 bits per heavy atom. The van der Waals surface area contributed by atoms with Gasteiger partial charge in [0.2, 0.25) is 0 Å². The molecule has 0 saturated heterocycles. The Balaban J connectivity index is 1.46. The van der Waals surface area contributed by atoms with E-state index in [1.165, 1.54) is 4.90 Å². The quantitative estimate of drug-likeness (QED) is 0.692. The first-order valence-electron chi connectivity index (χ1n) is 7.47. The fraction of sp³-hybridized carbons (Fsp3) is 0.176. The number of nitrogens with zero attached hydrogens (tertiary/aromatic N) is 4. The van der Waals surface area contributed by atoms with Crippen LogP contribution in [0.5, 0.6) is 0 Å². The first-order chi connectivity index (χ1) is 11.3. The van der Waals surface area contributed by atoms with E-state index in [1.54, 1.807) is 36.8 Å². The second-order valence-corrected chi connectivity index (χ2v) is 5.45. The minimum atomic E-state index is -0.206. The molecule has 0 spiro atoms. The number of carbonyl (C=O) groups excluding carboxylic acids is 2. The molecule has 0 bridgehead atoms. The monoisotopic (exact) mass is 306 g/mol. The van der Waals surface area contributed by atoms with Crippen molar-refractivity contribution in [3.63, 3.8) is 0 Å². The lowest BCUT2D eigenvalue weighted by atomic mass is 10.1. The highest BCUT2D eigenvalue weighted by Gasteiger charge is 2.34. The molecule has 1 aliphatic heterocycles. The van der Waals surface area contributed by atoms with Crippen molar-refractivity contribution in [3.05, 3.63) is 60.0 Å². The summed E-state index contributed by atoms with van der Waals surface area (Å²) in [6.07, 6.45) is 4.12. The number of imide groups is 1. The number of pyridine rings is 1. The van der Waals surface area contributed by atoms with Crippen LogP contribution in [0.1, 0.15) is 27.1 Å². The molecule has 2 aromatic heterocycles. The van der Waals surface area contributed by atoms with E-state index in [9.17, 15) is 9.59 Å².